The number of anilines is 3. The van der Waals surface area contributed by atoms with Crippen molar-refractivity contribution in [2.24, 2.45) is 0 Å². The summed E-state index contributed by atoms with van der Waals surface area (Å²) in [7, 11) is 3.18. The van der Waals surface area contributed by atoms with Gasteiger partial charge in [-0.25, -0.2) is 0 Å². The first-order chi connectivity index (χ1) is 12.7. The Kier molecular flexibility index (Phi) is 5.65. The minimum atomic E-state index is -0.126. The van der Waals surface area contributed by atoms with Crippen LogP contribution in [0, 0.1) is 0 Å². The molecule has 0 aliphatic rings. The van der Waals surface area contributed by atoms with Crippen molar-refractivity contribution >= 4 is 34.6 Å². The fourth-order valence-corrected chi connectivity index (χ4v) is 2.97. The molecule has 1 aromatic carbocycles. The number of carbonyl (C=O) groups is 1. The molecule has 0 unspecified atom stereocenters. The Morgan fingerprint density at radius 2 is 1.88 bits per heavy atom. The Morgan fingerprint density at radius 3 is 2.54 bits per heavy atom. The summed E-state index contributed by atoms with van der Waals surface area (Å²) in [5, 5.41) is 15.9. The number of carbonyl (C=O) groups excluding carboxylic acids is 1. The first-order valence-electron chi connectivity index (χ1n) is 7.83. The van der Waals surface area contributed by atoms with Crippen molar-refractivity contribution in [1.82, 2.24) is 10.2 Å². The van der Waals surface area contributed by atoms with Crippen LogP contribution in [0.4, 0.5) is 17.3 Å². The summed E-state index contributed by atoms with van der Waals surface area (Å²) in [6, 6.07) is 12.7. The Hall–Kier alpha value is -3.13. The molecule has 8 heteroatoms. The minimum absolute atomic E-state index is 0.126. The first kappa shape index (κ1) is 17.7. The Labute approximate surface area is 155 Å². The van der Waals surface area contributed by atoms with E-state index in [0.717, 1.165) is 10.6 Å². The second-order valence-electron chi connectivity index (χ2n) is 5.30. The van der Waals surface area contributed by atoms with Gasteiger partial charge in [0.1, 0.15) is 11.5 Å². The zero-order chi connectivity index (χ0) is 18.4. The fraction of sp³-hybridized carbons (Fsp3) is 0.167. The van der Waals surface area contributed by atoms with Crippen LogP contribution >= 0.6 is 11.3 Å². The van der Waals surface area contributed by atoms with Gasteiger partial charge in [-0.15, -0.1) is 21.5 Å². The van der Waals surface area contributed by atoms with Crippen molar-refractivity contribution in [3.63, 3.8) is 0 Å². The number of benzene rings is 1. The molecule has 2 N–H and O–H groups in total. The van der Waals surface area contributed by atoms with E-state index in [1.807, 2.05) is 29.6 Å². The van der Waals surface area contributed by atoms with Gasteiger partial charge in [0, 0.05) is 10.9 Å². The molecule has 2 aromatic heterocycles. The normalized spacial score (nSPS) is 10.2. The molecule has 134 valence electrons. The molecule has 3 rings (SSSR count). The predicted octanol–water partition coefficient (Wildman–Crippen LogP) is 3.48. The molecule has 0 saturated heterocycles. The van der Waals surface area contributed by atoms with E-state index in [-0.39, 0.29) is 5.91 Å². The van der Waals surface area contributed by atoms with Crippen LogP contribution in [-0.4, -0.2) is 30.3 Å². The Bertz CT molecular complexity index is 867. The van der Waals surface area contributed by atoms with E-state index in [4.69, 9.17) is 9.47 Å². The standard InChI is InChI=1S/C18H18N4O3S/c1-24-12-5-6-14(15(10-12)25-2)19-16-7-8-17(22-21-16)20-18(23)11-13-4-3-9-26-13/h3-10H,11H2,1-2H3,(H,19,21)(H,20,22,23). The van der Waals surface area contributed by atoms with Crippen molar-refractivity contribution < 1.29 is 14.3 Å². The van der Waals surface area contributed by atoms with Crippen LogP contribution in [-0.2, 0) is 11.2 Å². The van der Waals surface area contributed by atoms with E-state index in [2.05, 4.69) is 20.8 Å². The van der Waals surface area contributed by atoms with Gasteiger partial charge in [0.2, 0.25) is 5.91 Å². The number of thiophene rings is 1. The van der Waals surface area contributed by atoms with Gasteiger partial charge in [-0.3, -0.25) is 4.79 Å². The Balaban J connectivity index is 1.63. The van der Waals surface area contributed by atoms with E-state index in [1.54, 1.807) is 43.8 Å². The maximum atomic E-state index is 12.0. The molecule has 1 amide bonds. The molecule has 3 aromatic rings. The van der Waals surface area contributed by atoms with Gasteiger partial charge in [0.15, 0.2) is 11.6 Å². The van der Waals surface area contributed by atoms with Crippen LogP contribution < -0.4 is 20.1 Å². The van der Waals surface area contributed by atoms with Crippen LogP contribution in [0.5, 0.6) is 11.5 Å². The number of ether oxygens (including phenoxy) is 2. The number of hydrogen-bond donors (Lipinski definition) is 2. The maximum absolute atomic E-state index is 12.0. The lowest BCUT2D eigenvalue weighted by molar-refractivity contribution is -0.115. The molecule has 0 aliphatic heterocycles. The summed E-state index contributed by atoms with van der Waals surface area (Å²) in [5.41, 5.74) is 0.733. The van der Waals surface area contributed by atoms with E-state index in [9.17, 15) is 4.79 Å². The molecule has 0 atom stereocenters. The van der Waals surface area contributed by atoms with Crippen molar-refractivity contribution in [1.29, 1.82) is 0 Å². The van der Waals surface area contributed by atoms with Gasteiger partial charge in [-0.1, -0.05) is 6.07 Å². The number of amides is 1. The topological polar surface area (TPSA) is 85.4 Å². The molecular formula is C18H18N4O3S. The number of aromatic nitrogens is 2. The second kappa shape index (κ2) is 8.30. The molecule has 0 bridgehead atoms. The summed E-state index contributed by atoms with van der Waals surface area (Å²) in [6.45, 7) is 0. The number of nitrogens with zero attached hydrogens (tertiary/aromatic N) is 2. The highest BCUT2D eigenvalue weighted by molar-refractivity contribution is 7.10. The van der Waals surface area contributed by atoms with Gasteiger partial charge in [0.05, 0.1) is 26.3 Å². The second-order valence-corrected chi connectivity index (χ2v) is 6.33. The molecule has 7 nitrogen and oxygen atoms in total. The minimum Gasteiger partial charge on any atom is -0.497 e. The Morgan fingerprint density at radius 1 is 1.08 bits per heavy atom. The van der Waals surface area contributed by atoms with Crippen molar-refractivity contribution in [3.05, 3.63) is 52.7 Å². The first-order valence-corrected chi connectivity index (χ1v) is 8.71. The zero-order valence-corrected chi connectivity index (χ0v) is 15.2. The van der Waals surface area contributed by atoms with E-state index < -0.39 is 0 Å². The van der Waals surface area contributed by atoms with E-state index >= 15 is 0 Å². The van der Waals surface area contributed by atoms with E-state index in [0.29, 0.717) is 29.6 Å². The van der Waals surface area contributed by atoms with Crippen LogP contribution in [0.1, 0.15) is 4.88 Å². The molecular weight excluding hydrogens is 352 g/mol. The molecule has 26 heavy (non-hydrogen) atoms. The van der Waals surface area contributed by atoms with Gasteiger partial charge in [-0.2, -0.15) is 0 Å². The van der Waals surface area contributed by atoms with E-state index in [1.165, 1.54) is 0 Å². The van der Waals surface area contributed by atoms with Crippen molar-refractivity contribution in [2.75, 3.05) is 24.9 Å². The van der Waals surface area contributed by atoms with Gasteiger partial charge >= 0.3 is 0 Å². The fourth-order valence-electron chi connectivity index (χ4n) is 2.26. The number of hydrogen-bond acceptors (Lipinski definition) is 7. The summed E-state index contributed by atoms with van der Waals surface area (Å²) in [5.74, 6) is 2.13. The van der Waals surface area contributed by atoms with Gasteiger partial charge < -0.3 is 20.1 Å². The average Bonchev–Trinajstić information content (AvgIpc) is 3.16. The number of nitrogens with one attached hydrogen (secondary N) is 2. The molecule has 0 radical (unpaired) electrons. The monoisotopic (exact) mass is 370 g/mol. The molecule has 0 saturated carbocycles. The van der Waals surface area contributed by atoms with Crippen LogP contribution in [0.2, 0.25) is 0 Å². The highest BCUT2D eigenvalue weighted by Crippen LogP contribution is 2.30. The SMILES string of the molecule is COc1ccc(Nc2ccc(NC(=O)Cc3cccs3)nn2)c(OC)c1. The predicted molar refractivity (Wildman–Crippen MR) is 102 cm³/mol. The van der Waals surface area contributed by atoms with Crippen LogP contribution in [0.15, 0.2) is 47.8 Å². The number of rotatable bonds is 7. The molecule has 0 fully saturated rings. The highest BCUT2D eigenvalue weighted by atomic mass is 32.1. The summed E-state index contributed by atoms with van der Waals surface area (Å²) in [4.78, 5) is 13.0. The molecule has 2 heterocycles. The average molecular weight is 370 g/mol. The zero-order valence-electron chi connectivity index (χ0n) is 14.4. The molecule has 0 spiro atoms. The smallest absolute Gasteiger partial charge is 0.230 e. The third-order valence-electron chi connectivity index (χ3n) is 3.52. The lowest BCUT2D eigenvalue weighted by Crippen LogP contribution is -2.15. The largest absolute Gasteiger partial charge is 0.497 e. The third kappa shape index (κ3) is 4.48. The van der Waals surface area contributed by atoms with Gasteiger partial charge in [0.25, 0.3) is 0 Å². The van der Waals surface area contributed by atoms with Crippen molar-refractivity contribution in [3.8, 4) is 11.5 Å². The highest BCUT2D eigenvalue weighted by Gasteiger charge is 2.08. The molecule has 0 aliphatic carbocycles. The maximum Gasteiger partial charge on any atom is 0.230 e. The summed E-state index contributed by atoms with van der Waals surface area (Å²) < 4.78 is 10.5. The van der Waals surface area contributed by atoms with Crippen LogP contribution in [0.25, 0.3) is 0 Å². The summed E-state index contributed by atoms with van der Waals surface area (Å²) >= 11 is 1.54. The van der Waals surface area contributed by atoms with Crippen LogP contribution in [0.3, 0.4) is 0 Å². The van der Waals surface area contributed by atoms with Gasteiger partial charge in [-0.05, 0) is 35.7 Å². The quantitative estimate of drug-likeness (QED) is 0.662. The summed E-state index contributed by atoms with van der Waals surface area (Å²) in [6.07, 6.45) is 0.322. The third-order valence-corrected chi connectivity index (χ3v) is 4.39. The number of methoxy groups -OCH3 is 2. The van der Waals surface area contributed by atoms with Crippen molar-refractivity contribution in [2.45, 2.75) is 6.42 Å². The lowest BCUT2D eigenvalue weighted by atomic mass is 10.2. The lowest BCUT2D eigenvalue weighted by Gasteiger charge is -2.12.